The van der Waals surface area contributed by atoms with Gasteiger partial charge >= 0.3 is 5.97 Å². The molecule has 3 aromatic rings. The standard InChI is InChI=1S/C23H25NO4S/c1-27-23(26)19-11-17-22(29-19)20(14-7-3-2-4-8-14)21-16-9-5-6-10-18(16)28-13-15(25)12-24(17)21/h5-6,9-11,14-15,25H,2-4,7-8,12-13H2,1H3/t15-/m0/s1. The first-order valence-electron chi connectivity index (χ1n) is 10.3. The molecule has 1 saturated carbocycles. The number of fused-ring (bicyclic) bond motifs is 5. The molecule has 29 heavy (non-hydrogen) atoms. The molecule has 1 fully saturated rings. The van der Waals surface area contributed by atoms with Crippen molar-refractivity contribution in [2.75, 3.05) is 13.7 Å². The van der Waals surface area contributed by atoms with Crippen molar-refractivity contribution in [3.63, 3.8) is 0 Å². The second kappa shape index (κ2) is 7.50. The van der Waals surface area contributed by atoms with Crippen molar-refractivity contribution in [3.8, 4) is 17.0 Å². The minimum absolute atomic E-state index is 0.253. The van der Waals surface area contributed by atoms with Gasteiger partial charge in [-0.3, -0.25) is 0 Å². The molecule has 0 spiro atoms. The average molecular weight is 412 g/mol. The molecule has 2 aromatic heterocycles. The summed E-state index contributed by atoms with van der Waals surface area (Å²) in [5.41, 5.74) is 4.54. The van der Waals surface area contributed by atoms with Crippen molar-refractivity contribution >= 4 is 27.5 Å². The van der Waals surface area contributed by atoms with Gasteiger partial charge < -0.3 is 19.1 Å². The smallest absolute Gasteiger partial charge is 0.348 e. The van der Waals surface area contributed by atoms with Crippen LogP contribution in [0, 0.1) is 0 Å². The minimum atomic E-state index is -0.613. The minimum Gasteiger partial charge on any atom is -0.490 e. The first-order valence-corrected chi connectivity index (χ1v) is 11.1. The number of esters is 1. The third-order valence-electron chi connectivity index (χ3n) is 6.14. The van der Waals surface area contributed by atoms with E-state index in [1.165, 1.54) is 43.3 Å². The lowest BCUT2D eigenvalue weighted by Gasteiger charge is -2.26. The molecule has 0 radical (unpaired) electrons. The lowest BCUT2D eigenvalue weighted by atomic mass is 9.83. The van der Waals surface area contributed by atoms with Gasteiger partial charge in [0.15, 0.2) is 0 Å². The van der Waals surface area contributed by atoms with Crippen molar-refractivity contribution in [2.45, 2.75) is 50.7 Å². The molecule has 1 aromatic carbocycles. The molecule has 5 rings (SSSR count). The molecule has 0 bridgehead atoms. The molecule has 5 nitrogen and oxygen atoms in total. The van der Waals surface area contributed by atoms with E-state index in [0.717, 1.165) is 40.1 Å². The summed E-state index contributed by atoms with van der Waals surface area (Å²) in [7, 11) is 1.42. The van der Waals surface area contributed by atoms with Crippen LogP contribution in [0.4, 0.5) is 0 Å². The molecule has 1 atom stereocenters. The maximum atomic E-state index is 12.2. The maximum Gasteiger partial charge on any atom is 0.348 e. The number of aliphatic hydroxyl groups is 1. The van der Waals surface area contributed by atoms with Gasteiger partial charge in [0.2, 0.25) is 0 Å². The van der Waals surface area contributed by atoms with Crippen LogP contribution < -0.4 is 4.74 Å². The first kappa shape index (κ1) is 18.7. The van der Waals surface area contributed by atoms with Crippen LogP contribution in [0.1, 0.15) is 53.3 Å². The molecule has 3 heterocycles. The van der Waals surface area contributed by atoms with Gasteiger partial charge in [0.05, 0.1) is 29.6 Å². The Hall–Kier alpha value is -2.31. The normalized spacial score (nSPS) is 19.7. The highest BCUT2D eigenvalue weighted by atomic mass is 32.1. The van der Waals surface area contributed by atoms with Crippen LogP contribution in [0.15, 0.2) is 30.3 Å². The summed E-state index contributed by atoms with van der Waals surface area (Å²) in [4.78, 5) is 12.8. The zero-order valence-electron chi connectivity index (χ0n) is 16.5. The van der Waals surface area contributed by atoms with Gasteiger partial charge in [0.1, 0.15) is 23.3 Å². The Morgan fingerprint density at radius 1 is 1.24 bits per heavy atom. The van der Waals surface area contributed by atoms with E-state index < -0.39 is 6.10 Å². The highest BCUT2D eigenvalue weighted by Crippen LogP contribution is 2.49. The summed E-state index contributed by atoms with van der Waals surface area (Å²) in [6.07, 6.45) is 5.44. The van der Waals surface area contributed by atoms with Crippen molar-refractivity contribution in [3.05, 3.63) is 40.8 Å². The van der Waals surface area contributed by atoms with E-state index in [9.17, 15) is 9.90 Å². The van der Waals surface area contributed by atoms with Crippen LogP contribution >= 0.6 is 11.3 Å². The number of para-hydroxylation sites is 1. The van der Waals surface area contributed by atoms with Gasteiger partial charge in [-0.1, -0.05) is 31.4 Å². The van der Waals surface area contributed by atoms with Gasteiger partial charge in [-0.05, 0) is 42.5 Å². The monoisotopic (exact) mass is 411 g/mol. The van der Waals surface area contributed by atoms with E-state index in [0.29, 0.717) is 17.3 Å². The molecular formula is C23H25NO4S. The molecule has 0 saturated heterocycles. The number of nitrogens with zero attached hydrogens (tertiary/aromatic N) is 1. The van der Waals surface area contributed by atoms with Crippen LogP contribution in [-0.2, 0) is 11.3 Å². The molecule has 1 aliphatic carbocycles. The van der Waals surface area contributed by atoms with Gasteiger partial charge in [0.25, 0.3) is 0 Å². The SMILES string of the molecule is COC(=O)c1cc2c(s1)c(C1CCCCC1)c1n2C[C@H](O)COc2ccccc2-1. The number of thiophene rings is 1. The number of ether oxygens (including phenoxy) is 2. The van der Waals surface area contributed by atoms with E-state index in [4.69, 9.17) is 9.47 Å². The number of carbonyl (C=O) groups excluding carboxylic acids is 1. The van der Waals surface area contributed by atoms with Gasteiger partial charge in [0, 0.05) is 5.56 Å². The Morgan fingerprint density at radius 3 is 2.83 bits per heavy atom. The Labute approximate surface area is 173 Å². The number of aliphatic hydroxyl groups excluding tert-OH is 1. The molecular weight excluding hydrogens is 386 g/mol. The van der Waals surface area contributed by atoms with E-state index in [1.807, 2.05) is 24.3 Å². The second-order valence-corrected chi connectivity index (χ2v) is 9.04. The maximum absolute atomic E-state index is 12.2. The third-order valence-corrected chi connectivity index (χ3v) is 7.28. The van der Waals surface area contributed by atoms with Crippen molar-refractivity contribution in [2.24, 2.45) is 0 Å². The van der Waals surface area contributed by atoms with E-state index in [1.54, 1.807) is 0 Å². The van der Waals surface area contributed by atoms with E-state index in [-0.39, 0.29) is 12.6 Å². The largest absolute Gasteiger partial charge is 0.490 e. The molecule has 152 valence electrons. The molecule has 1 N–H and O–H groups in total. The van der Waals surface area contributed by atoms with Crippen LogP contribution in [0.25, 0.3) is 21.5 Å². The summed E-state index contributed by atoms with van der Waals surface area (Å²) in [5.74, 6) is 0.962. The summed E-state index contributed by atoms with van der Waals surface area (Å²) < 4.78 is 14.3. The molecule has 0 amide bonds. The summed E-state index contributed by atoms with van der Waals surface area (Å²) in [6, 6.07) is 10.0. The fourth-order valence-corrected chi connectivity index (χ4v) is 6.04. The molecule has 1 aliphatic heterocycles. The number of benzene rings is 1. The van der Waals surface area contributed by atoms with Crippen LogP contribution in [0.5, 0.6) is 5.75 Å². The third kappa shape index (κ3) is 3.15. The van der Waals surface area contributed by atoms with Gasteiger partial charge in [-0.2, -0.15) is 0 Å². The van der Waals surface area contributed by atoms with Crippen LogP contribution in [0.3, 0.4) is 0 Å². The number of carbonyl (C=O) groups is 1. The topological polar surface area (TPSA) is 60.7 Å². The highest BCUT2D eigenvalue weighted by Gasteiger charge is 2.31. The van der Waals surface area contributed by atoms with E-state index in [2.05, 4.69) is 10.6 Å². The lowest BCUT2D eigenvalue weighted by Crippen LogP contribution is -2.26. The number of rotatable bonds is 2. The number of hydrogen-bond donors (Lipinski definition) is 1. The number of aromatic nitrogens is 1. The quantitative estimate of drug-likeness (QED) is 0.606. The summed E-state index contributed by atoms with van der Waals surface area (Å²) in [6.45, 7) is 0.702. The number of methoxy groups -OCH3 is 1. The molecule has 0 unspecified atom stereocenters. The fraction of sp³-hybridized carbons (Fsp3) is 0.435. The van der Waals surface area contributed by atoms with Crippen molar-refractivity contribution in [1.82, 2.24) is 4.57 Å². The second-order valence-electron chi connectivity index (χ2n) is 7.99. The Morgan fingerprint density at radius 2 is 2.03 bits per heavy atom. The van der Waals surface area contributed by atoms with Gasteiger partial charge in [-0.25, -0.2) is 4.79 Å². The zero-order valence-corrected chi connectivity index (χ0v) is 17.3. The average Bonchev–Trinajstić information content (AvgIpc) is 3.29. The highest BCUT2D eigenvalue weighted by molar-refractivity contribution is 7.21. The van der Waals surface area contributed by atoms with Crippen molar-refractivity contribution < 1.29 is 19.4 Å². The zero-order chi connectivity index (χ0) is 20.0. The van der Waals surface area contributed by atoms with E-state index >= 15 is 0 Å². The Balaban J connectivity index is 1.81. The predicted octanol–water partition coefficient (Wildman–Crippen LogP) is 4.96. The predicted molar refractivity (Wildman–Crippen MR) is 114 cm³/mol. The van der Waals surface area contributed by atoms with Crippen LogP contribution in [0.2, 0.25) is 0 Å². The molecule has 2 aliphatic rings. The van der Waals surface area contributed by atoms with Crippen LogP contribution in [-0.4, -0.2) is 35.5 Å². The lowest BCUT2D eigenvalue weighted by molar-refractivity contribution is 0.0606. The molecule has 6 heteroatoms. The Kier molecular flexibility index (Phi) is 4.84. The Bertz CT molecular complexity index is 1060. The number of hydrogen-bond acceptors (Lipinski definition) is 5. The van der Waals surface area contributed by atoms with Crippen molar-refractivity contribution in [1.29, 1.82) is 0 Å². The summed E-state index contributed by atoms with van der Waals surface area (Å²) in [5, 5.41) is 10.6. The fourth-order valence-electron chi connectivity index (χ4n) is 4.84. The van der Waals surface area contributed by atoms with Gasteiger partial charge in [-0.15, -0.1) is 11.3 Å². The summed E-state index contributed by atoms with van der Waals surface area (Å²) >= 11 is 1.52. The first-order chi connectivity index (χ1) is 14.2.